The van der Waals surface area contributed by atoms with E-state index in [0.29, 0.717) is 0 Å². The van der Waals surface area contributed by atoms with Crippen molar-refractivity contribution in [3.63, 3.8) is 0 Å². The van der Waals surface area contributed by atoms with Gasteiger partial charge in [-0.25, -0.2) is 4.98 Å². The van der Waals surface area contributed by atoms with Crippen molar-refractivity contribution >= 4 is 0 Å². The predicted molar refractivity (Wildman–Crippen MR) is 69.1 cm³/mol. The zero-order valence-electron chi connectivity index (χ0n) is 10.9. The Hall–Kier alpha value is -1.62. The van der Waals surface area contributed by atoms with E-state index in [-0.39, 0.29) is 6.04 Å². The highest BCUT2D eigenvalue weighted by Crippen LogP contribution is 2.20. The fraction of sp³-hybridized carbons (Fsp3) is 0.538. The number of nitrogens with one attached hydrogen (secondary N) is 1. The molecule has 3 rings (SSSR count). The van der Waals surface area contributed by atoms with E-state index in [1.54, 1.807) is 0 Å². The molecule has 1 N–H and O–H groups in total. The Balaban J connectivity index is 1.67. The number of nitrogens with zero attached hydrogens (tertiary/aromatic N) is 4. The summed E-state index contributed by atoms with van der Waals surface area (Å²) in [6, 6.07) is 1.01. The zero-order valence-corrected chi connectivity index (χ0v) is 10.9. The molecule has 0 aromatic carbocycles. The topological polar surface area (TPSA) is 47.7 Å². The van der Waals surface area contributed by atoms with E-state index in [0.717, 1.165) is 18.3 Å². The summed E-state index contributed by atoms with van der Waals surface area (Å²) in [6.45, 7) is 3.04. The average molecular weight is 245 g/mol. The molecule has 0 saturated heterocycles. The van der Waals surface area contributed by atoms with Gasteiger partial charge in [0.1, 0.15) is 0 Å². The van der Waals surface area contributed by atoms with E-state index in [1.165, 1.54) is 18.4 Å². The van der Waals surface area contributed by atoms with E-state index in [9.17, 15) is 0 Å². The summed E-state index contributed by atoms with van der Waals surface area (Å²) in [6.07, 6.45) is 10.6. The van der Waals surface area contributed by atoms with Gasteiger partial charge in [-0.3, -0.25) is 4.68 Å². The first kappa shape index (κ1) is 11.5. The Kier molecular flexibility index (Phi) is 2.91. The maximum Gasteiger partial charge on any atom is 0.0955 e. The molecular formula is C13H19N5. The Morgan fingerprint density at radius 1 is 1.44 bits per heavy atom. The smallest absolute Gasteiger partial charge is 0.0955 e. The van der Waals surface area contributed by atoms with Crippen LogP contribution in [0.3, 0.4) is 0 Å². The van der Waals surface area contributed by atoms with Crippen molar-refractivity contribution in [1.82, 2.24) is 24.6 Å². The monoisotopic (exact) mass is 245 g/mol. The van der Waals surface area contributed by atoms with Crippen LogP contribution in [0.1, 0.15) is 37.1 Å². The number of hydrogen-bond donors (Lipinski definition) is 1. The Bertz CT molecular complexity index is 523. The molecule has 1 fully saturated rings. The molecule has 0 radical (unpaired) electrons. The second kappa shape index (κ2) is 4.57. The Labute approximate surface area is 107 Å². The molecule has 0 spiro atoms. The lowest BCUT2D eigenvalue weighted by molar-refractivity contribution is 0.633. The summed E-state index contributed by atoms with van der Waals surface area (Å²) >= 11 is 0. The van der Waals surface area contributed by atoms with Crippen LogP contribution in [-0.2, 0) is 13.6 Å². The molecule has 5 nitrogen and oxygen atoms in total. The lowest BCUT2D eigenvalue weighted by Gasteiger charge is -2.10. The van der Waals surface area contributed by atoms with Gasteiger partial charge >= 0.3 is 0 Å². The summed E-state index contributed by atoms with van der Waals surface area (Å²) in [5.74, 6) is 0. The van der Waals surface area contributed by atoms with E-state index in [2.05, 4.69) is 33.1 Å². The maximum absolute atomic E-state index is 4.44. The van der Waals surface area contributed by atoms with Crippen molar-refractivity contribution in [2.75, 3.05) is 0 Å². The molecule has 2 aromatic rings. The molecule has 1 aliphatic rings. The van der Waals surface area contributed by atoms with Crippen LogP contribution in [0.15, 0.2) is 24.9 Å². The molecule has 18 heavy (non-hydrogen) atoms. The summed E-state index contributed by atoms with van der Waals surface area (Å²) < 4.78 is 3.97. The minimum Gasteiger partial charge on any atom is -0.330 e. The lowest BCUT2D eigenvalue weighted by atomic mass is 10.2. The van der Waals surface area contributed by atoms with Gasteiger partial charge in [0.25, 0.3) is 0 Å². The molecular weight excluding hydrogens is 226 g/mol. The normalized spacial score (nSPS) is 17.0. The summed E-state index contributed by atoms with van der Waals surface area (Å²) in [5, 5.41) is 7.69. The first-order valence-corrected chi connectivity index (χ1v) is 6.46. The fourth-order valence-electron chi connectivity index (χ4n) is 2.05. The molecule has 96 valence electrons. The summed E-state index contributed by atoms with van der Waals surface area (Å²) in [7, 11) is 1.94. The van der Waals surface area contributed by atoms with Gasteiger partial charge in [0, 0.05) is 37.6 Å². The van der Waals surface area contributed by atoms with E-state index in [1.807, 2.05) is 30.5 Å². The fourth-order valence-corrected chi connectivity index (χ4v) is 2.05. The quantitative estimate of drug-likeness (QED) is 0.868. The standard InChI is InChI=1S/C13H19N5/c1-10(11-5-16-17(2)7-11)18-8-13(15-9-18)6-14-12-3-4-12/h5,7-10,12,14H,3-4,6H2,1-2H3. The molecule has 1 aliphatic carbocycles. The molecule has 0 amide bonds. The second-order valence-electron chi connectivity index (χ2n) is 5.09. The van der Waals surface area contributed by atoms with Crippen molar-refractivity contribution in [1.29, 1.82) is 0 Å². The molecule has 5 heteroatoms. The van der Waals surface area contributed by atoms with Crippen LogP contribution in [0.5, 0.6) is 0 Å². The van der Waals surface area contributed by atoms with Gasteiger partial charge in [0.15, 0.2) is 0 Å². The first-order chi connectivity index (χ1) is 8.72. The second-order valence-corrected chi connectivity index (χ2v) is 5.09. The minimum absolute atomic E-state index is 0.279. The number of aromatic nitrogens is 4. The van der Waals surface area contributed by atoms with Crippen LogP contribution in [0.2, 0.25) is 0 Å². The number of hydrogen-bond acceptors (Lipinski definition) is 3. The van der Waals surface area contributed by atoms with Gasteiger partial charge in [-0.1, -0.05) is 0 Å². The number of imidazole rings is 1. The third-order valence-corrected chi connectivity index (χ3v) is 3.46. The van der Waals surface area contributed by atoms with Crippen LogP contribution < -0.4 is 5.32 Å². The lowest BCUT2D eigenvalue weighted by Crippen LogP contribution is -2.15. The average Bonchev–Trinajstić information content (AvgIpc) is 2.90. The minimum atomic E-state index is 0.279. The Morgan fingerprint density at radius 3 is 2.94 bits per heavy atom. The molecule has 0 bridgehead atoms. The molecule has 2 heterocycles. The van der Waals surface area contributed by atoms with Crippen molar-refractivity contribution in [2.24, 2.45) is 7.05 Å². The van der Waals surface area contributed by atoms with E-state index >= 15 is 0 Å². The maximum atomic E-state index is 4.44. The molecule has 1 saturated carbocycles. The molecule has 0 aliphatic heterocycles. The van der Waals surface area contributed by atoms with Gasteiger partial charge in [-0.05, 0) is 19.8 Å². The van der Waals surface area contributed by atoms with Crippen LogP contribution in [0, 0.1) is 0 Å². The van der Waals surface area contributed by atoms with E-state index in [4.69, 9.17) is 0 Å². The zero-order chi connectivity index (χ0) is 12.5. The van der Waals surface area contributed by atoms with Crippen molar-refractivity contribution < 1.29 is 0 Å². The largest absolute Gasteiger partial charge is 0.330 e. The molecule has 1 unspecified atom stereocenters. The van der Waals surface area contributed by atoms with Gasteiger partial charge in [-0.2, -0.15) is 5.10 Å². The van der Waals surface area contributed by atoms with Crippen LogP contribution in [0.4, 0.5) is 0 Å². The third-order valence-electron chi connectivity index (χ3n) is 3.46. The van der Waals surface area contributed by atoms with Crippen LogP contribution in [0.25, 0.3) is 0 Å². The van der Waals surface area contributed by atoms with Crippen molar-refractivity contribution in [3.05, 3.63) is 36.2 Å². The van der Waals surface area contributed by atoms with Crippen LogP contribution >= 0.6 is 0 Å². The van der Waals surface area contributed by atoms with Gasteiger partial charge < -0.3 is 9.88 Å². The van der Waals surface area contributed by atoms with Gasteiger partial charge in [0.05, 0.1) is 24.3 Å². The van der Waals surface area contributed by atoms with Crippen LogP contribution in [-0.4, -0.2) is 25.4 Å². The highest BCUT2D eigenvalue weighted by Gasteiger charge is 2.20. The third kappa shape index (κ3) is 2.46. The SMILES string of the molecule is CC(c1cnn(C)c1)n1cnc(CNC2CC2)c1. The van der Waals surface area contributed by atoms with E-state index < -0.39 is 0 Å². The number of rotatable bonds is 5. The first-order valence-electron chi connectivity index (χ1n) is 6.46. The van der Waals surface area contributed by atoms with Crippen molar-refractivity contribution in [2.45, 2.75) is 38.4 Å². The molecule has 1 atom stereocenters. The van der Waals surface area contributed by atoms with Gasteiger partial charge in [-0.15, -0.1) is 0 Å². The number of aryl methyl sites for hydroxylation is 1. The summed E-state index contributed by atoms with van der Waals surface area (Å²) in [5.41, 5.74) is 2.31. The van der Waals surface area contributed by atoms with Crippen molar-refractivity contribution in [3.8, 4) is 0 Å². The summed E-state index contributed by atoms with van der Waals surface area (Å²) in [4.78, 5) is 4.44. The highest BCUT2D eigenvalue weighted by atomic mass is 15.2. The van der Waals surface area contributed by atoms with Gasteiger partial charge in [0.2, 0.25) is 0 Å². The molecule has 2 aromatic heterocycles. The highest BCUT2D eigenvalue weighted by molar-refractivity contribution is 5.12. The predicted octanol–water partition coefficient (Wildman–Crippen LogP) is 1.48. The Morgan fingerprint density at radius 2 is 2.28 bits per heavy atom.